The van der Waals surface area contributed by atoms with Crippen molar-refractivity contribution >= 4 is 46.1 Å². The van der Waals surface area contributed by atoms with E-state index in [1.165, 1.54) is 0 Å². The highest BCUT2D eigenvalue weighted by Crippen LogP contribution is 2.15. The minimum atomic E-state index is -3.14. The largest absolute Gasteiger partial charge is 0.444 e. The lowest BCUT2D eigenvalue weighted by molar-refractivity contribution is 0.0502. The van der Waals surface area contributed by atoms with Gasteiger partial charge in [-0.1, -0.05) is 20.3 Å². The summed E-state index contributed by atoms with van der Waals surface area (Å²) in [6.45, 7) is 11.0. The first kappa shape index (κ1) is 30.2. The van der Waals surface area contributed by atoms with Gasteiger partial charge in [-0.3, -0.25) is 4.99 Å². The number of carbonyl (C=O) groups excluding carboxylic acids is 1. The van der Waals surface area contributed by atoms with E-state index in [2.05, 4.69) is 27.9 Å². The summed E-state index contributed by atoms with van der Waals surface area (Å²) in [7, 11) is -1.44. The fraction of sp³-hybridized carbons (Fsp3) is 0.900. The third-order valence-corrected chi connectivity index (χ3v) is 6.82. The average molecular weight is 576 g/mol. The number of halogens is 1. The van der Waals surface area contributed by atoms with Crippen molar-refractivity contribution in [3.63, 3.8) is 0 Å². The molecule has 0 aromatic rings. The molecule has 1 heterocycles. The van der Waals surface area contributed by atoms with Crippen LogP contribution in [-0.4, -0.2) is 74.9 Å². The van der Waals surface area contributed by atoms with Gasteiger partial charge in [0.2, 0.25) is 10.0 Å². The fourth-order valence-corrected chi connectivity index (χ4v) is 4.86. The summed E-state index contributed by atoms with van der Waals surface area (Å²) in [6, 6.07) is 0.0807. The van der Waals surface area contributed by atoms with Gasteiger partial charge in [0, 0.05) is 38.8 Å². The molecule has 1 rings (SSSR count). The van der Waals surface area contributed by atoms with Gasteiger partial charge >= 0.3 is 6.09 Å². The Balaban J connectivity index is 0.00000900. The van der Waals surface area contributed by atoms with Crippen molar-refractivity contribution in [1.82, 2.24) is 20.3 Å². The van der Waals surface area contributed by atoms with Crippen molar-refractivity contribution < 1.29 is 17.9 Å². The van der Waals surface area contributed by atoms with Crippen LogP contribution in [0.25, 0.3) is 0 Å². The maximum Gasteiger partial charge on any atom is 0.407 e. The van der Waals surface area contributed by atoms with Gasteiger partial charge in [0.1, 0.15) is 5.60 Å². The molecule has 0 radical (unpaired) electrons. The van der Waals surface area contributed by atoms with E-state index in [4.69, 9.17) is 4.74 Å². The lowest BCUT2D eigenvalue weighted by Gasteiger charge is -2.32. The van der Waals surface area contributed by atoms with Crippen molar-refractivity contribution in [3.8, 4) is 0 Å². The van der Waals surface area contributed by atoms with Crippen LogP contribution in [0.2, 0.25) is 0 Å². The summed E-state index contributed by atoms with van der Waals surface area (Å²) in [4.78, 5) is 16.3. The topological polar surface area (TPSA) is 112 Å². The van der Waals surface area contributed by atoms with Crippen LogP contribution in [0.4, 0.5) is 4.79 Å². The van der Waals surface area contributed by atoms with Crippen molar-refractivity contribution in [2.75, 3.05) is 32.4 Å². The SMILES string of the molecule is CCCC(CNC(=NC)NC1CCN(S(=O)(=O)CCC)CC1)NC(=O)OC(C)(C)C.I. The van der Waals surface area contributed by atoms with Gasteiger partial charge in [-0.2, -0.15) is 0 Å². The number of sulfonamides is 1. The monoisotopic (exact) mass is 575 g/mol. The number of rotatable bonds is 9. The van der Waals surface area contributed by atoms with Gasteiger partial charge in [0.25, 0.3) is 0 Å². The molecule has 11 heteroatoms. The normalized spacial score (nSPS) is 17.4. The first-order valence-electron chi connectivity index (χ1n) is 10.9. The molecule has 0 aromatic carbocycles. The van der Waals surface area contributed by atoms with Crippen LogP contribution in [0.1, 0.15) is 66.7 Å². The molecule has 0 aliphatic carbocycles. The van der Waals surface area contributed by atoms with Crippen LogP contribution in [0.5, 0.6) is 0 Å². The van der Waals surface area contributed by atoms with E-state index in [1.54, 1.807) is 11.4 Å². The third-order valence-electron chi connectivity index (χ3n) is 4.75. The summed E-state index contributed by atoms with van der Waals surface area (Å²) in [5, 5.41) is 9.55. The molecule has 0 bridgehead atoms. The molecule has 0 saturated carbocycles. The van der Waals surface area contributed by atoms with Crippen molar-refractivity contribution in [1.29, 1.82) is 0 Å². The Morgan fingerprint density at radius 1 is 1.19 bits per heavy atom. The average Bonchev–Trinajstić information content (AvgIpc) is 2.64. The molecule has 1 unspecified atom stereocenters. The molecule has 31 heavy (non-hydrogen) atoms. The maximum absolute atomic E-state index is 12.2. The minimum Gasteiger partial charge on any atom is -0.444 e. The Morgan fingerprint density at radius 3 is 2.29 bits per heavy atom. The van der Waals surface area contributed by atoms with E-state index < -0.39 is 21.7 Å². The Bertz CT molecular complexity index is 659. The van der Waals surface area contributed by atoms with Crippen LogP contribution in [-0.2, 0) is 14.8 Å². The van der Waals surface area contributed by atoms with E-state index in [0.717, 1.165) is 25.7 Å². The zero-order chi connectivity index (χ0) is 22.8. The van der Waals surface area contributed by atoms with E-state index in [-0.39, 0.29) is 41.8 Å². The van der Waals surface area contributed by atoms with Crippen LogP contribution in [0.15, 0.2) is 4.99 Å². The number of hydrogen-bond donors (Lipinski definition) is 3. The van der Waals surface area contributed by atoms with Crippen molar-refractivity contribution in [3.05, 3.63) is 0 Å². The zero-order valence-electron chi connectivity index (χ0n) is 19.9. The number of ether oxygens (including phenoxy) is 1. The minimum absolute atomic E-state index is 0. The molecule has 184 valence electrons. The highest BCUT2D eigenvalue weighted by atomic mass is 127. The molecule has 1 aliphatic rings. The Kier molecular flexibility index (Phi) is 14.0. The highest BCUT2D eigenvalue weighted by Gasteiger charge is 2.27. The van der Waals surface area contributed by atoms with Gasteiger partial charge in [-0.05, 0) is 46.5 Å². The molecule has 9 nitrogen and oxygen atoms in total. The van der Waals surface area contributed by atoms with E-state index in [0.29, 0.717) is 32.0 Å². The van der Waals surface area contributed by atoms with Crippen molar-refractivity contribution in [2.45, 2.75) is 84.4 Å². The van der Waals surface area contributed by atoms with Crippen LogP contribution in [0.3, 0.4) is 0 Å². The molecular formula is C20H42IN5O4S. The number of hydrogen-bond acceptors (Lipinski definition) is 5. The Hall–Kier alpha value is -0.820. The number of nitrogens with zero attached hydrogens (tertiary/aromatic N) is 2. The van der Waals surface area contributed by atoms with Gasteiger partial charge in [0.15, 0.2) is 5.96 Å². The summed E-state index contributed by atoms with van der Waals surface area (Å²) in [5.41, 5.74) is -0.536. The van der Waals surface area contributed by atoms with Crippen molar-refractivity contribution in [2.24, 2.45) is 4.99 Å². The molecular weight excluding hydrogens is 533 g/mol. The zero-order valence-corrected chi connectivity index (χ0v) is 23.0. The van der Waals surface area contributed by atoms with Crippen LogP contribution < -0.4 is 16.0 Å². The smallest absolute Gasteiger partial charge is 0.407 e. The number of carbonyl (C=O) groups is 1. The number of aliphatic imine (C=N–C) groups is 1. The van der Waals surface area contributed by atoms with E-state index in [1.807, 2.05) is 27.7 Å². The first-order valence-corrected chi connectivity index (χ1v) is 12.6. The molecule has 1 saturated heterocycles. The fourth-order valence-electron chi connectivity index (χ4n) is 3.32. The Labute approximate surface area is 205 Å². The molecule has 1 amide bonds. The summed E-state index contributed by atoms with van der Waals surface area (Å²) < 4.78 is 31.4. The molecule has 0 spiro atoms. The standard InChI is InChI=1S/C20H41N5O4S.HI/c1-7-9-17(24-19(26)29-20(3,4)5)15-22-18(21-6)23-16-10-12-25(13-11-16)30(27,28)14-8-2;/h16-17H,7-15H2,1-6H3,(H,24,26)(H2,21,22,23);1H. The van der Waals surface area contributed by atoms with Gasteiger partial charge in [-0.25, -0.2) is 17.5 Å². The molecule has 3 N–H and O–H groups in total. The highest BCUT2D eigenvalue weighted by molar-refractivity contribution is 14.0. The lowest BCUT2D eigenvalue weighted by atomic mass is 10.1. The molecule has 0 aromatic heterocycles. The lowest BCUT2D eigenvalue weighted by Crippen LogP contribution is -2.52. The summed E-state index contributed by atoms with van der Waals surface area (Å²) in [5.74, 6) is 0.856. The molecule has 1 atom stereocenters. The number of guanidine groups is 1. The predicted octanol–water partition coefficient (Wildman–Crippen LogP) is 2.67. The van der Waals surface area contributed by atoms with E-state index >= 15 is 0 Å². The van der Waals surface area contributed by atoms with Gasteiger partial charge in [-0.15, -0.1) is 24.0 Å². The number of alkyl carbamates (subject to hydrolysis) is 1. The van der Waals surface area contributed by atoms with Gasteiger partial charge in [0.05, 0.1) is 5.75 Å². The van der Waals surface area contributed by atoms with Crippen LogP contribution in [0, 0.1) is 0 Å². The number of amides is 1. The second kappa shape index (κ2) is 14.4. The maximum atomic E-state index is 12.2. The quantitative estimate of drug-likeness (QED) is 0.222. The summed E-state index contributed by atoms with van der Waals surface area (Å²) >= 11 is 0. The third kappa shape index (κ3) is 12.1. The second-order valence-corrected chi connectivity index (χ2v) is 10.8. The predicted molar refractivity (Wildman–Crippen MR) is 137 cm³/mol. The summed E-state index contributed by atoms with van der Waals surface area (Å²) in [6.07, 6.45) is 3.42. The van der Waals surface area contributed by atoms with Gasteiger partial charge < -0.3 is 20.7 Å². The van der Waals surface area contributed by atoms with Crippen LogP contribution >= 0.6 is 24.0 Å². The Morgan fingerprint density at radius 2 is 1.81 bits per heavy atom. The second-order valence-electron chi connectivity index (χ2n) is 8.72. The molecule has 1 fully saturated rings. The number of piperidine rings is 1. The number of nitrogens with one attached hydrogen (secondary N) is 3. The first-order chi connectivity index (χ1) is 14.0. The molecule has 1 aliphatic heterocycles. The van der Waals surface area contributed by atoms with E-state index in [9.17, 15) is 13.2 Å².